The standard InChI is InChI=1S/C24H31ClN6O/c1-15(2)14-31-17(4)19(16(3)29-31)13-23(32)26-18-9-10-21(25)20(12-18)24-28-27-22-8-6-5-7-11-30(22)24/h9-10,12,15H,5-8,11,13-14H2,1-4H3,(H,26,32). The number of anilines is 1. The Bertz CT molecular complexity index is 1130. The minimum absolute atomic E-state index is 0.0753. The van der Waals surface area contributed by atoms with Crippen LogP contribution in [0.2, 0.25) is 5.02 Å². The Hall–Kier alpha value is -2.67. The van der Waals surface area contributed by atoms with Gasteiger partial charge in [-0.3, -0.25) is 9.48 Å². The number of carbonyl (C=O) groups excluding carboxylic acids is 1. The largest absolute Gasteiger partial charge is 0.326 e. The van der Waals surface area contributed by atoms with Crippen LogP contribution in [0.25, 0.3) is 11.4 Å². The average molecular weight is 455 g/mol. The number of aryl methyl sites for hydroxylation is 2. The number of nitrogens with one attached hydrogen (secondary N) is 1. The minimum atomic E-state index is -0.0753. The number of benzene rings is 1. The van der Waals surface area contributed by atoms with Crippen LogP contribution in [-0.2, 0) is 30.7 Å². The van der Waals surface area contributed by atoms with Crippen molar-refractivity contribution in [2.45, 2.75) is 72.9 Å². The van der Waals surface area contributed by atoms with Gasteiger partial charge >= 0.3 is 0 Å². The molecular formula is C24H31ClN6O. The average Bonchev–Trinajstić information content (AvgIpc) is 3.13. The normalized spacial score (nSPS) is 13.8. The number of hydrogen-bond donors (Lipinski definition) is 1. The first-order chi connectivity index (χ1) is 15.3. The lowest BCUT2D eigenvalue weighted by molar-refractivity contribution is -0.115. The van der Waals surface area contributed by atoms with Crippen LogP contribution in [0.4, 0.5) is 5.69 Å². The fourth-order valence-electron chi connectivity index (χ4n) is 4.34. The molecule has 0 saturated carbocycles. The van der Waals surface area contributed by atoms with Gasteiger partial charge in [0.2, 0.25) is 5.91 Å². The van der Waals surface area contributed by atoms with E-state index in [9.17, 15) is 4.79 Å². The third kappa shape index (κ3) is 4.72. The fraction of sp³-hybridized carbons (Fsp3) is 0.500. The quantitative estimate of drug-likeness (QED) is 0.570. The lowest BCUT2D eigenvalue weighted by atomic mass is 10.1. The van der Waals surface area contributed by atoms with Gasteiger partial charge in [0, 0.05) is 42.0 Å². The van der Waals surface area contributed by atoms with Gasteiger partial charge in [-0.15, -0.1) is 10.2 Å². The Kier molecular flexibility index (Phi) is 6.65. The summed E-state index contributed by atoms with van der Waals surface area (Å²) in [5.41, 5.74) is 4.43. The molecule has 0 bridgehead atoms. The van der Waals surface area contributed by atoms with E-state index in [1.165, 1.54) is 6.42 Å². The van der Waals surface area contributed by atoms with Crippen LogP contribution in [0, 0.1) is 19.8 Å². The molecule has 0 unspecified atom stereocenters. The molecule has 1 N–H and O–H groups in total. The van der Waals surface area contributed by atoms with Crippen LogP contribution < -0.4 is 5.32 Å². The van der Waals surface area contributed by atoms with E-state index in [1.807, 2.05) is 36.7 Å². The zero-order valence-corrected chi connectivity index (χ0v) is 20.0. The summed E-state index contributed by atoms with van der Waals surface area (Å²) in [6, 6.07) is 5.53. The Balaban J connectivity index is 1.54. The molecule has 1 aliphatic rings. The Labute approximate surface area is 194 Å². The number of fused-ring (bicyclic) bond motifs is 1. The molecule has 0 atom stereocenters. The number of carbonyl (C=O) groups is 1. The van der Waals surface area contributed by atoms with E-state index in [2.05, 4.69) is 39.0 Å². The van der Waals surface area contributed by atoms with Crippen LogP contribution in [0.15, 0.2) is 18.2 Å². The van der Waals surface area contributed by atoms with Gasteiger partial charge in [-0.25, -0.2) is 0 Å². The third-order valence-electron chi connectivity index (χ3n) is 6.01. The fourth-order valence-corrected chi connectivity index (χ4v) is 4.54. The molecule has 1 aliphatic heterocycles. The number of nitrogens with zero attached hydrogens (tertiary/aromatic N) is 5. The van der Waals surface area contributed by atoms with Gasteiger partial charge in [0.1, 0.15) is 5.82 Å². The van der Waals surface area contributed by atoms with Crippen molar-refractivity contribution in [1.29, 1.82) is 0 Å². The number of amides is 1. The van der Waals surface area contributed by atoms with Crippen molar-refractivity contribution < 1.29 is 4.79 Å². The van der Waals surface area contributed by atoms with E-state index >= 15 is 0 Å². The summed E-state index contributed by atoms with van der Waals surface area (Å²) in [7, 11) is 0. The molecule has 0 aliphatic carbocycles. The molecule has 0 spiro atoms. The van der Waals surface area contributed by atoms with Crippen molar-refractivity contribution in [3.05, 3.63) is 46.0 Å². The molecule has 2 aromatic heterocycles. The van der Waals surface area contributed by atoms with Gasteiger partial charge in [-0.05, 0) is 50.8 Å². The highest BCUT2D eigenvalue weighted by atomic mass is 35.5. The number of halogens is 1. The molecule has 0 saturated heterocycles. The first-order valence-electron chi connectivity index (χ1n) is 11.4. The second-order valence-corrected chi connectivity index (χ2v) is 9.45. The monoisotopic (exact) mass is 454 g/mol. The predicted octanol–water partition coefficient (Wildman–Crippen LogP) is 4.98. The first kappa shape index (κ1) is 22.5. The predicted molar refractivity (Wildman–Crippen MR) is 127 cm³/mol. The first-order valence-corrected chi connectivity index (χ1v) is 11.8. The molecule has 170 valence electrons. The van der Waals surface area contributed by atoms with Gasteiger partial charge in [0.05, 0.1) is 17.1 Å². The molecule has 7 nitrogen and oxygen atoms in total. The maximum atomic E-state index is 12.9. The summed E-state index contributed by atoms with van der Waals surface area (Å²) in [6.07, 6.45) is 4.65. The molecular weight excluding hydrogens is 424 g/mol. The molecule has 3 aromatic rings. The number of aromatic nitrogens is 5. The summed E-state index contributed by atoms with van der Waals surface area (Å²) < 4.78 is 4.16. The SMILES string of the molecule is Cc1nn(CC(C)C)c(C)c1CC(=O)Nc1ccc(Cl)c(-c2nnc3n2CCCCC3)c1. The molecule has 8 heteroatoms. The topological polar surface area (TPSA) is 77.6 Å². The van der Waals surface area contributed by atoms with E-state index in [0.29, 0.717) is 16.6 Å². The molecule has 1 amide bonds. The van der Waals surface area contributed by atoms with Crippen LogP contribution in [0.1, 0.15) is 55.9 Å². The highest BCUT2D eigenvalue weighted by Gasteiger charge is 2.20. The molecule has 3 heterocycles. The highest BCUT2D eigenvalue weighted by molar-refractivity contribution is 6.33. The van der Waals surface area contributed by atoms with E-state index in [-0.39, 0.29) is 12.3 Å². The summed E-state index contributed by atoms with van der Waals surface area (Å²) in [4.78, 5) is 12.9. The van der Waals surface area contributed by atoms with Gasteiger partial charge < -0.3 is 9.88 Å². The third-order valence-corrected chi connectivity index (χ3v) is 6.34. The van der Waals surface area contributed by atoms with E-state index in [0.717, 1.165) is 66.5 Å². The molecule has 1 aromatic carbocycles. The van der Waals surface area contributed by atoms with Crippen LogP contribution >= 0.6 is 11.6 Å². The van der Waals surface area contributed by atoms with E-state index in [4.69, 9.17) is 11.6 Å². The summed E-state index contributed by atoms with van der Waals surface area (Å²) in [5, 5.41) is 17.0. The summed E-state index contributed by atoms with van der Waals surface area (Å²) >= 11 is 6.52. The van der Waals surface area contributed by atoms with E-state index in [1.54, 1.807) is 0 Å². The second-order valence-electron chi connectivity index (χ2n) is 9.05. The smallest absolute Gasteiger partial charge is 0.228 e. The molecule has 0 radical (unpaired) electrons. The molecule has 0 fully saturated rings. The Morgan fingerprint density at radius 3 is 2.78 bits per heavy atom. The highest BCUT2D eigenvalue weighted by Crippen LogP contribution is 2.31. The number of hydrogen-bond acceptors (Lipinski definition) is 4. The number of rotatable bonds is 6. The van der Waals surface area contributed by atoms with Gasteiger partial charge in [0.25, 0.3) is 0 Å². The zero-order valence-electron chi connectivity index (χ0n) is 19.3. The molecule has 32 heavy (non-hydrogen) atoms. The van der Waals surface area contributed by atoms with Crippen molar-refractivity contribution in [3.63, 3.8) is 0 Å². The Morgan fingerprint density at radius 2 is 2.00 bits per heavy atom. The lowest BCUT2D eigenvalue weighted by Crippen LogP contribution is -2.16. The van der Waals surface area contributed by atoms with Crippen molar-refractivity contribution in [1.82, 2.24) is 24.5 Å². The van der Waals surface area contributed by atoms with Crippen LogP contribution in [0.3, 0.4) is 0 Å². The van der Waals surface area contributed by atoms with Crippen molar-refractivity contribution in [2.75, 3.05) is 5.32 Å². The van der Waals surface area contributed by atoms with Gasteiger partial charge in [-0.2, -0.15) is 5.10 Å². The lowest BCUT2D eigenvalue weighted by Gasteiger charge is -2.11. The second kappa shape index (κ2) is 9.45. The summed E-state index contributed by atoms with van der Waals surface area (Å²) in [6.45, 7) is 10.1. The molecule has 4 rings (SSSR count). The zero-order chi connectivity index (χ0) is 22.8. The maximum Gasteiger partial charge on any atom is 0.228 e. The minimum Gasteiger partial charge on any atom is -0.326 e. The van der Waals surface area contributed by atoms with Crippen LogP contribution in [-0.4, -0.2) is 30.5 Å². The van der Waals surface area contributed by atoms with Gasteiger partial charge in [-0.1, -0.05) is 31.9 Å². The summed E-state index contributed by atoms with van der Waals surface area (Å²) in [5.74, 6) is 2.19. The van der Waals surface area contributed by atoms with Crippen molar-refractivity contribution in [3.8, 4) is 11.4 Å². The maximum absolute atomic E-state index is 12.9. The van der Waals surface area contributed by atoms with Crippen molar-refractivity contribution >= 4 is 23.2 Å². The van der Waals surface area contributed by atoms with Crippen LogP contribution in [0.5, 0.6) is 0 Å². The Morgan fingerprint density at radius 1 is 1.19 bits per heavy atom. The van der Waals surface area contributed by atoms with E-state index < -0.39 is 0 Å². The van der Waals surface area contributed by atoms with Crippen molar-refractivity contribution in [2.24, 2.45) is 5.92 Å². The van der Waals surface area contributed by atoms with Gasteiger partial charge in [0.15, 0.2) is 5.82 Å².